The lowest BCUT2D eigenvalue weighted by molar-refractivity contribution is -0.141. The fourth-order valence-electron chi connectivity index (χ4n) is 2.73. The summed E-state index contributed by atoms with van der Waals surface area (Å²) in [6.45, 7) is -0.699. The van der Waals surface area contributed by atoms with Crippen molar-refractivity contribution in [1.29, 1.82) is 0 Å². The van der Waals surface area contributed by atoms with E-state index in [1.807, 2.05) is 0 Å². The highest BCUT2D eigenvalue weighted by Crippen LogP contribution is 2.11. The molecule has 0 aromatic heterocycles. The highest BCUT2D eigenvalue weighted by Gasteiger charge is 2.25. The molecule has 0 aliphatic carbocycles. The second-order valence-electron chi connectivity index (χ2n) is 7.18. The van der Waals surface area contributed by atoms with Gasteiger partial charge in [-0.05, 0) is 43.5 Å². The zero-order valence-electron chi connectivity index (χ0n) is 17.6. The molecular weight excluding hydrogens is 422 g/mol. The third kappa shape index (κ3) is 9.73. The number of unbranched alkanes of at least 4 members (excludes halogenated alkanes) is 1. The molecule has 10 N–H and O–H groups in total. The maximum absolute atomic E-state index is 12.5. The zero-order chi connectivity index (χ0) is 24.1. The molecule has 1 aromatic rings. The van der Waals surface area contributed by atoms with Gasteiger partial charge in [0.1, 0.15) is 23.9 Å². The van der Waals surface area contributed by atoms with Crippen LogP contribution in [0.25, 0.3) is 0 Å². The highest BCUT2D eigenvalue weighted by molar-refractivity contribution is 5.92. The first kappa shape index (κ1) is 26.8. The summed E-state index contributed by atoms with van der Waals surface area (Å²) < 4.78 is 0. The summed E-state index contributed by atoms with van der Waals surface area (Å²) in [7, 11) is 0. The number of hydrogen-bond acceptors (Lipinski definition) is 8. The van der Waals surface area contributed by atoms with Gasteiger partial charge in [-0.15, -0.1) is 0 Å². The van der Waals surface area contributed by atoms with E-state index < -0.39 is 55.0 Å². The second kappa shape index (κ2) is 14.0. The molecule has 0 saturated carbocycles. The summed E-state index contributed by atoms with van der Waals surface area (Å²) >= 11 is 0. The fourth-order valence-corrected chi connectivity index (χ4v) is 2.73. The Balaban J connectivity index is 2.65. The number of phenols is 1. The maximum Gasteiger partial charge on any atom is 0.326 e. The lowest BCUT2D eigenvalue weighted by Crippen LogP contribution is -2.54. The topological polar surface area (TPSA) is 217 Å². The normalized spacial score (nSPS) is 13.5. The number of phenolic OH excluding ortho intramolecular Hbond substituents is 1. The van der Waals surface area contributed by atoms with Crippen LogP contribution in [0.4, 0.5) is 0 Å². The lowest BCUT2D eigenvalue weighted by atomic mass is 10.1. The molecule has 32 heavy (non-hydrogen) atoms. The van der Waals surface area contributed by atoms with Crippen molar-refractivity contribution in [3.05, 3.63) is 29.8 Å². The Labute approximate surface area is 185 Å². The van der Waals surface area contributed by atoms with Crippen molar-refractivity contribution in [1.82, 2.24) is 16.0 Å². The number of benzene rings is 1. The summed E-state index contributed by atoms with van der Waals surface area (Å²) in [5.74, 6) is -3.34. The summed E-state index contributed by atoms with van der Waals surface area (Å²) in [4.78, 5) is 48.0. The molecule has 3 unspecified atom stereocenters. The largest absolute Gasteiger partial charge is 0.508 e. The number of nitrogens with one attached hydrogen (secondary N) is 3. The molecule has 3 atom stereocenters. The molecule has 0 spiro atoms. The fraction of sp³-hybridized carbons (Fsp3) is 0.500. The van der Waals surface area contributed by atoms with E-state index in [1.165, 1.54) is 24.3 Å². The van der Waals surface area contributed by atoms with Crippen molar-refractivity contribution in [2.45, 2.75) is 43.8 Å². The van der Waals surface area contributed by atoms with Gasteiger partial charge in [0.25, 0.3) is 0 Å². The zero-order valence-corrected chi connectivity index (χ0v) is 17.6. The van der Waals surface area contributed by atoms with Gasteiger partial charge < -0.3 is 42.7 Å². The van der Waals surface area contributed by atoms with Crippen LogP contribution in [0.3, 0.4) is 0 Å². The number of carboxylic acid groups (broad SMARTS) is 1. The Morgan fingerprint density at radius 1 is 0.969 bits per heavy atom. The highest BCUT2D eigenvalue weighted by atomic mass is 16.4. The van der Waals surface area contributed by atoms with E-state index in [2.05, 4.69) is 16.0 Å². The van der Waals surface area contributed by atoms with E-state index in [4.69, 9.17) is 16.6 Å². The van der Waals surface area contributed by atoms with Crippen molar-refractivity contribution < 1.29 is 34.5 Å². The second-order valence-corrected chi connectivity index (χ2v) is 7.18. The van der Waals surface area contributed by atoms with Crippen LogP contribution in [0.5, 0.6) is 5.75 Å². The lowest BCUT2D eigenvalue weighted by Gasteiger charge is -2.20. The van der Waals surface area contributed by atoms with E-state index >= 15 is 0 Å². The minimum Gasteiger partial charge on any atom is -0.508 e. The average Bonchev–Trinajstić information content (AvgIpc) is 2.77. The number of aliphatic hydroxyl groups excluding tert-OH is 1. The number of carboxylic acids is 1. The summed E-state index contributed by atoms with van der Waals surface area (Å²) in [6, 6.07) is 2.43. The molecule has 0 heterocycles. The van der Waals surface area contributed by atoms with Crippen LogP contribution in [0.15, 0.2) is 24.3 Å². The number of aliphatic carboxylic acids is 1. The molecule has 12 nitrogen and oxygen atoms in total. The molecule has 0 aliphatic heterocycles. The van der Waals surface area contributed by atoms with Crippen LogP contribution in [-0.2, 0) is 25.6 Å². The third-order valence-electron chi connectivity index (χ3n) is 4.55. The number of carbonyl (C=O) groups excluding carboxylic acids is 3. The van der Waals surface area contributed by atoms with Gasteiger partial charge in [-0.2, -0.15) is 0 Å². The molecule has 1 rings (SSSR count). The van der Waals surface area contributed by atoms with Crippen molar-refractivity contribution in [3.63, 3.8) is 0 Å². The van der Waals surface area contributed by atoms with E-state index in [-0.39, 0.29) is 18.6 Å². The predicted octanol–water partition coefficient (Wildman–Crippen LogP) is -2.45. The first-order chi connectivity index (χ1) is 15.2. The van der Waals surface area contributed by atoms with Gasteiger partial charge in [0.15, 0.2) is 0 Å². The monoisotopic (exact) mass is 453 g/mol. The molecule has 178 valence electrons. The van der Waals surface area contributed by atoms with Gasteiger partial charge in [-0.25, -0.2) is 4.79 Å². The number of hydrogen-bond donors (Lipinski definition) is 8. The molecule has 12 heteroatoms. The first-order valence-electron chi connectivity index (χ1n) is 10.1. The van der Waals surface area contributed by atoms with Crippen LogP contribution < -0.4 is 27.4 Å². The quantitative estimate of drug-likeness (QED) is 0.140. The van der Waals surface area contributed by atoms with E-state index in [0.717, 1.165) is 0 Å². The van der Waals surface area contributed by atoms with Crippen LogP contribution >= 0.6 is 0 Å². The number of nitrogens with two attached hydrogens (primary N) is 2. The average molecular weight is 453 g/mol. The Hall–Kier alpha value is -3.22. The van der Waals surface area contributed by atoms with Crippen LogP contribution in [0.1, 0.15) is 24.8 Å². The Morgan fingerprint density at radius 3 is 2.19 bits per heavy atom. The summed E-state index contributed by atoms with van der Waals surface area (Å²) in [5.41, 5.74) is 11.5. The molecule has 3 amide bonds. The van der Waals surface area contributed by atoms with E-state index in [0.29, 0.717) is 24.9 Å². The molecule has 0 fully saturated rings. The van der Waals surface area contributed by atoms with Gasteiger partial charge in [-0.1, -0.05) is 12.1 Å². The van der Waals surface area contributed by atoms with E-state index in [9.17, 15) is 29.4 Å². The number of aliphatic hydroxyl groups is 1. The van der Waals surface area contributed by atoms with Crippen LogP contribution in [0.2, 0.25) is 0 Å². The Kier molecular flexibility index (Phi) is 11.7. The molecule has 1 aromatic carbocycles. The minimum absolute atomic E-state index is 0.0217. The van der Waals surface area contributed by atoms with Gasteiger partial charge in [0.05, 0.1) is 13.2 Å². The molecule has 0 aliphatic rings. The van der Waals surface area contributed by atoms with Gasteiger partial charge in [-0.3, -0.25) is 14.4 Å². The smallest absolute Gasteiger partial charge is 0.326 e. The van der Waals surface area contributed by atoms with E-state index in [1.54, 1.807) is 0 Å². The van der Waals surface area contributed by atoms with Crippen LogP contribution in [-0.4, -0.2) is 76.8 Å². The number of rotatable bonds is 14. The Morgan fingerprint density at radius 2 is 1.62 bits per heavy atom. The molecular formula is C20H31N5O7. The van der Waals surface area contributed by atoms with Crippen molar-refractivity contribution in [2.24, 2.45) is 11.5 Å². The van der Waals surface area contributed by atoms with Gasteiger partial charge in [0, 0.05) is 6.42 Å². The first-order valence-corrected chi connectivity index (χ1v) is 10.1. The maximum atomic E-state index is 12.5. The molecule has 0 saturated heterocycles. The Bertz CT molecular complexity index is 772. The predicted molar refractivity (Wildman–Crippen MR) is 114 cm³/mol. The number of amides is 3. The van der Waals surface area contributed by atoms with Crippen molar-refractivity contribution in [2.75, 3.05) is 19.7 Å². The van der Waals surface area contributed by atoms with Crippen LogP contribution in [0, 0.1) is 0 Å². The van der Waals surface area contributed by atoms with Gasteiger partial charge in [0.2, 0.25) is 17.7 Å². The van der Waals surface area contributed by atoms with Crippen molar-refractivity contribution in [3.8, 4) is 5.75 Å². The SMILES string of the molecule is NCCCCC(NC(=O)C(N)CO)C(=O)NCC(=O)NC(Cc1ccc(O)cc1)C(=O)O. The summed E-state index contributed by atoms with van der Waals surface area (Å²) in [6.07, 6.45) is 1.37. The minimum atomic E-state index is -1.26. The molecule has 0 bridgehead atoms. The number of aromatic hydroxyl groups is 1. The molecule has 0 radical (unpaired) electrons. The number of carbonyl (C=O) groups is 4. The standard InChI is InChI=1S/C20H31N5O7/c21-8-2-1-3-15(25-18(29)14(22)11-26)19(30)23-10-17(28)24-16(20(31)32)9-12-4-6-13(27)7-5-12/h4-7,14-16,26-27H,1-3,8-11,21-22H2,(H,23,30)(H,24,28)(H,25,29)(H,31,32). The van der Waals surface area contributed by atoms with Crippen molar-refractivity contribution >= 4 is 23.7 Å². The van der Waals surface area contributed by atoms with Gasteiger partial charge >= 0.3 is 5.97 Å². The summed E-state index contributed by atoms with van der Waals surface area (Å²) in [5, 5.41) is 34.7. The third-order valence-corrected chi connectivity index (χ3v) is 4.55.